The van der Waals surface area contributed by atoms with Gasteiger partial charge in [0.15, 0.2) is 0 Å². The van der Waals surface area contributed by atoms with Crippen LogP contribution in [0.15, 0.2) is 84.1 Å². The highest BCUT2D eigenvalue weighted by Crippen LogP contribution is 2.30. The Balaban J connectivity index is 1.19. The van der Waals surface area contributed by atoms with Crippen molar-refractivity contribution in [2.24, 2.45) is 4.99 Å². The number of amides is 1. The number of anilines is 1. The summed E-state index contributed by atoms with van der Waals surface area (Å²) in [5.41, 5.74) is 5.34. The lowest BCUT2D eigenvalue weighted by Crippen LogP contribution is -2.49. The Morgan fingerprint density at radius 1 is 0.943 bits per heavy atom. The van der Waals surface area contributed by atoms with Crippen molar-refractivity contribution in [1.29, 1.82) is 0 Å². The first-order chi connectivity index (χ1) is 17.2. The topological polar surface area (TPSA) is 61.7 Å². The van der Waals surface area contributed by atoms with Crippen molar-refractivity contribution < 1.29 is 4.79 Å². The van der Waals surface area contributed by atoms with Gasteiger partial charge in [-0.15, -0.1) is 0 Å². The number of pyridine rings is 2. The fourth-order valence-electron chi connectivity index (χ4n) is 4.73. The fraction of sp³-hybridized carbons (Fsp3) is 0.310. The molecule has 1 fully saturated rings. The van der Waals surface area contributed by atoms with Crippen LogP contribution < -0.4 is 4.90 Å². The van der Waals surface area contributed by atoms with E-state index in [0.29, 0.717) is 6.42 Å². The number of piperazine rings is 1. The molecule has 6 heteroatoms. The molecule has 6 nitrogen and oxygen atoms in total. The zero-order valence-corrected chi connectivity index (χ0v) is 20.2. The molecule has 0 bridgehead atoms. The number of carbonyl (C=O) groups excluding carboxylic acids is 1. The van der Waals surface area contributed by atoms with Gasteiger partial charge in [0.05, 0.1) is 17.4 Å². The lowest BCUT2D eigenvalue weighted by molar-refractivity contribution is -0.131. The third-order valence-electron chi connectivity index (χ3n) is 6.70. The highest BCUT2D eigenvalue weighted by Gasteiger charge is 2.25. The summed E-state index contributed by atoms with van der Waals surface area (Å²) in [6.07, 6.45) is 8.07. The van der Waals surface area contributed by atoms with Gasteiger partial charge in [0.1, 0.15) is 5.82 Å². The van der Waals surface area contributed by atoms with Crippen molar-refractivity contribution in [1.82, 2.24) is 14.9 Å². The molecule has 1 unspecified atom stereocenters. The number of hydrogen-bond acceptors (Lipinski definition) is 5. The standard InChI is InChI=1S/C29H31N5O/c1-22-13-14-26(31-21-22)27-20-24(23-8-3-2-4-9-23)25(32-27)10-7-12-29(35)34-18-16-33(17-19-34)28-11-5-6-15-30-28/h2-6,8-9,11,13-15,20-21,25H,7,10,12,16-19H2,1H3. The second-order valence-electron chi connectivity index (χ2n) is 9.16. The molecule has 2 aromatic heterocycles. The van der Waals surface area contributed by atoms with E-state index in [2.05, 4.69) is 51.3 Å². The summed E-state index contributed by atoms with van der Waals surface area (Å²) in [7, 11) is 0. The van der Waals surface area contributed by atoms with E-state index in [9.17, 15) is 4.79 Å². The number of benzene rings is 1. The summed E-state index contributed by atoms with van der Waals surface area (Å²) < 4.78 is 0. The molecule has 35 heavy (non-hydrogen) atoms. The molecule has 2 aliphatic rings. The van der Waals surface area contributed by atoms with Gasteiger partial charge in [-0.1, -0.05) is 42.5 Å². The molecule has 0 radical (unpaired) electrons. The lowest BCUT2D eigenvalue weighted by Gasteiger charge is -2.35. The Labute approximate surface area is 207 Å². The van der Waals surface area contributed by atoms with Gasteiger partial charge < -0.3 is 9.80 Å². The van der Waals surface area contributed by atoms with E-state index in [4.69, 9.17) is 4.99 Å². The third-order valence-corrected chi connectivity index (χ3v) is 6.70. The monoisotopic (exact) mass is 465 g/mol. The Bertz CT molecular complexity index is 1200. The predicted molar refractivity (Wildman–Crippen MR) is 141 cm³/mol. The molecule has 4 heterocycles. The Hall–Kier alpha value is -3.80. The first-order valence-electron chi connectivity index (χ1n) is 12.4. The molecule has 0 saturated carbocycles. The second-order valence-corrected chi connectivity index (χ2v) is 9.16. The van der Waals surface area contributed by atoms with Crippen molar-refractivity contribution in [3.05, 3.63) is 96.0 Å². The predicted octanol–water partition coefficient (Wildman–Crippen LogP) is 4.56. The number of nitrogens with zero attached hydrogens (tertiary/aromatic N) is 5. The average molecular weight is 466 g/mol. The van der Waals surface area contributed by atoms with Crippen molar-refractivity contribution in [3.8, 4) is 0 Å². The van der Waals surface area contributed by atoms with Crippen LogP contribution in [0.2, 0.25) is 0 Å². The van der Waals surface area contributed by atoms with Crippen molar-refractivity contribution >= 4 is 23.0 Å². The molecule has 1 amide bonds. The van der Waals surface area contributed by atoms with Crippen LogP contribution in [0.3, 0.4) is 0 Å². The van der Waals surface area contributed by atoms with Gasteiger partial charge >= 0.3 is 0 Å². The molecule has 2 aliphatic heterocycles. The first kappa shape index (κ1) is 23.0. The van der Waals surface area contributed by atoms with Crippen molar-refractivity contribution in [3.63, 3.8) is 0 Å². The van der Waals surface area contributed by atoms with Crippen molar-refractivity contribution in [2.45, 2.75) is 32.2 Å². The zero-order valence-electron chi connectivity index (χ0n) is 20.2. The van der Waals surface area contributed by atoms with Crippen LogP contribution in [-0.2, 0) is 4.79 Å². The molecule has 5 rings (SSSR count). The van der Waals surface area contributed by atoms with Crippen LogP contribution >= 0.6 is 0 Å². The summed E-state index contributed by atoms with van der Waals surface area (Å²) in [6, 6.07) is 20.5. The summed E-state index contributed by atoms with van der Waals surface area (Å²) in [5.74, 6) is 1.22. The van der Waals surface area contributed by atoms with Crippen LogP contribution in [0.4, 0.5) is 5.82 Å². The zero-order chi connectivity index (χ0) is 24.0. The van der Waals surface area contributed by atoms with Crippen LogP contribution in [-0.4, -0.2) is 58.7 Å². The van der Waals surface area contributed by atoms with Crippen LogP contribution in [0.25, 0.3) is 5.57 Å². The summed E-state index contributed by atoms with van der Waals surface area (Å²) >= 11 is 0. The summed E-state index contributed by atoms with van der Waals surface area (Å²) in [6.45, 7) is 5.18. The first-order valence-corrected chi connectivity index (χ1v) is 12.4. The number of aromatic nitrogens is 2. The molecule has 0 aliphatic carbocycles. The smallest absolute Gasteiger partial charge is 0.222 e. The van der Waals surface area contributed by atoms with Crippen molar-refractivity contribution in [2.75, 3.05) is 31.1 Å². The average Bonchev–Trinajstić information content (AvgIpc) is 3.34. The van der Waals surface area contributed by atoms with E-state index in [1.165, 1.54) is 11.1 Å². The maximum absolute atomic E-state index is 12.9. The molecule has 0 N–H and O–H groups in total. The number of aliphatic imine (C=N–C) groups is 1. The molecule has 0 spiro atoms. The quantitative estimate of drug-likeness (QED) is 0.513. The number of aryl methyl sites for hydroxylation is 1. The summed E-state index contributed by atoms with van der Waals surface area (Å²) in [5, 5.41) is 0. The minimum Gasteiger partial charge on any atom is -0.353 e. The summed E-state index contributed by atoms with van der Waals surface area (Å²) in [4.78, 5) is 31.2. The van der Waals surface area contributed by atoms with Gasteiger partial charge in [-0.3, -0.25) is 14.8 Å². The van der Waals surface area contributed by atoms with E-state index < -0.39 is 0 Å². The lowest BCUT2D eigenvalue weighted by atomic mass is 9.95. The molecule has 1 saturated heterocycles. The van der Waals surface area contributed by atoms with Gasteiger partial charge in [0.25, 0.3) is 0 Å². The molecule has 1 atom stereocenters. The molecular weight excluding hydrogens is 434 g/mol. The fourth-order valence-corrected chi connectivity index (χ4v) is 4.73. The van der Waals surface area contributed by atoms with E-state index >= 15 is 0 Å². The molecule has 3 aromatic rings. The Morgan fingerprint density at radius 2 is 1.74 bits per heavy atom. The van der Waals surface area contributed by atoms with Crippen LogP contribution in [0.1, 0.15) is 36.1 Å². The molecular formula is C29H31N5O. The number of hydrogen-bond donors (Lipinski definition) is 0. The van der Waals surface area contributed by atoms with E-state index in [-0.39, 0.29) is 11.9 Å². The van der Waals surface area contributed by atoms with Crippen LogP contribution in [0, 0.1) is 6.92 Å². The SMILES string of the molecule is Cc1ccc(C2=NC(CCCC(=O)N3CCN(c4ccccn4)CC3)C(c3ccccc3)=C2)nc1. The third kappa shape index (κ3) is 5.48. The van der Waals surface area contributed by atoms with E-state index in [1.54, 1.807) is 0 Å². The van der Waals surface area contributed by atoms with E-state index in [1.807, 2.05) is 54.5 Å². The van der Waals surface area contributed by atoms with Gasteiger partial charge in [-0.25, -0.2) is 4.98 Å². The number of allylic oxidation sites excluding steroid dienone is 1. The maximum Gasteiger partial charge on any atom is 0.222 e. The normalized spacial score (nSPS) is 17.8. The van der Waals surface area contributed by atoms with Gasteiger partial charge in [-0.2, -0.15) is 0 Å². The van der Waals surface area contributed by atoms with Crippen LogP contribution in [0.5, 0.6) is 0 Å². The highest BCUT2D eigenvalue weighted by atomic mass is 16.2. The Kier molecular flexibility index (Phi) is 6.98. The molecule has 1 aromatic carbocycles. The largest absolute Gasteiger partial charge is 0.353 e. The molecule has 178 valence electrons. The highest BCUT2D eigenvalue weighted by molar-refractivity contribution is 6.14. The van der Waals surface area contributed by atoms with Gasteiger partial charge in [0, 0.05) is 45.0 Å². The minimum absolute atomic E-state index is 0.0457. The van der Waals surface area contributed by atoms with Gasteiger partial charge in [0.2, 0.25) is 5.91 Å². The number of rotatable bonds is 7. The minimum atomic E-state index is 0.0457. The van der Waals surface area contributed by atoms with E-state index in [0.717, 1.165) is 61.8 Å². The van der Waals surface area contributed by atoms with Gasteiger partial charge in [-0.05, 0) is 60.7 Å². The maximum atomic E-state index is 12.9. The second kappa shape index (κ2) is 10.6. The Morgan fingerprint density at radius 3 is 2.46 bits per heavy atom. The number of carbonyl (C=O) groups is 1.